The highest BCUT2D eigenvalue weighted by Crippen LogP contribution is 2.42. The lowest BCUT2D eigenvalue weighted by Crippen LogP contribution is -2.24. The van der Waals surface area contributed by atoms with E-state index in [1.807, 2.05) is 78.9 Å². The van der Waals surface area contributed by atoms with E-state index in [4.69, 9.17) is 0 Å². The lowest BCUT2D eigenvalue weighted by Gasteiger charge is -2.20. The van der Waals surface area contributed by atoms with E-state index in [9.17, 15) is 4.57 Å². The first-order chi connectivity index (χ1) is 13.7. The summed E-state index contributed by atoms with van der Waals surface area (Å²) in [5.41, 5.74) is 3.33. The molecule has 0 saturated carbocycles. The predicted molar refractivity (Wildman–Crippen MR) is 121 cm³/mol. The van der Waals surface area contributed by atoms with Crippen LogP contribution in [0.25, 0.3) is 17.2 Å². The van der Waals surface area contributed by atoms with Crippen molar-refractivity contribution in [2.75, 3.05) is 0 Å². The standard InChI is InChI=1S/C26H21OP/c1-2-21-13-15-22(16-14-21)23-17-19-26(20-18-23)28(27,24-9-5-3-6-10-24)25-11-7-4-8-12-25/h2-20H,1H2. The van der Waals surface area contributed by atoms with Crippen molar-refractivity contribution in [2.24, 2.45) is 0 Å². The van der Waals surface area contributed by atoms with Gasteiger partial charge in [0.25, 0.3) is 0 Å². The molecular weight excluding hydrogens is 359 g/mol. The minimum atomic E-state index is -2.91. The quantitative estimate of drug-likeness (QED) is 0.410. The Balaban J connectivity index is 1.79. The van der Waals surface area contributed by atoms with Crippen molar-refractivity contribution in [3.8, 4) is 11.1 Å². The van der Waals surface area contributed by atoms with Gasteiger partial charge in [0.2, 0.25) is 0 Å². The molecule has 0 aliphatic heterocycles. The Morgan fingerprint density at radius 1 is 0.536 bits per heavy atom. The summed E-state index contributed by atoms with van der Waals surface area (Å²) >= 11 is 0. The molecular formula is C26H21OP. The van der Waals surface area contributed by atoms with Crippen LogP contribution in [0.3, 0.4) is 0 Å². The molecule has 0 heterocycles. The second kappa shape index (κ2) is 7.84. The zero-order valence-corrected chi connectivity index (χ0v) is 16.4. The SMILES string of the molecule is C=Cc1ccc(-c2ccc(P(=O)(c3ccccc3)c3ccccc3)cc2)cc1. The Morgan fingerprint density at radius 2 is 0.929 bits per heavy atom. The highest BCUT2D eigenvalue weighted by atomic mass is 31.2. The lowest BCUT2D eigenvalue weighted by molar-refractivity contribution is 0.592. The third-order valence-corrected chi connectivity index (χ3v) is 8.03. The maximum Gasteiger partial charge on any atom is 0.171 e. The van der Waals surface area contributed by atoms with E-state index in [1.54, 1.807) is 0 Å². The van der Waals surface area contributed by atoms with Gasteiger partial charge < -0.3 is 4.57 Å². The highest BCUT2D eigenvalue weighted by molar-refractivity contribution is 7.85. The molecule has 0 unspecified atom stereocenters. The van der Waals surface area contributed by atoms with Crippen LogP contribution in [-0.2, 0) is 4.57 Å². The monoisotopic (exact) mass is 380 g/mol. The molecule has 28 heavy (non-hydrogen) atoms. The second-order valence-electron chi connectivity index (χ2n) is 6.65. The van der Waals surface area contributed by atoms with Crippen molar-refractivity contribution < 1.29 is 4.57 Å². The van der Waals surface area contributed by atoms with Gasteiger partial charge in [-0.3, -0.25) is 0 Å². The fraction of sp³-hybridized carbons (Fsp3) is 0. The van der Waals surface area contributed by atoms with Crippen LogP contribution in [-0.4, -0.2) is 0 Å². The number of benzene rings is 4. The largest absolute Gasteiger partial charge is 0.309 e. The molecule has 0 fully saturated rings. The van der Waals surface area contributed by atoms with Crippen molar-refractivity contribution in [1.29, 1.82) is 0 Å². The van der Waals surface area contributed by atoms with E-state index in [-0.39, 0.29) is 0 Å². The predicted octanol–water partition coefficient (Wildman–Crippen LogP) is 5.64. The minimum Gasteiger partial charge on any atom is -0.309 e. The Morgan fingerprint density at radius 3 is 1.36 bits per heavy atom. The van der Waals surface area contributed by atoms with E-state index >= 15 is 0 Å². The smallest absolute Gasteiger partial charge is 0.171 e. The molecule has 4 aromatic carbocycles. The third-order valence-electron chi connectivity index (χ3n) is 4.95. The van der Waals surface area contributed by atoms with Gasteiger partial charge in [-0.1, -0.05) is 122 Å². The van der Waals surface area contributed by atoms with Crippen LogP contribution in [0.2, 0.25) is 0 Å². The average molecular weight is 380 g/mol. The molecule has 2 heteroatoms. The van der Waals surface area contributed by atoms with Crippen molar-refractivity contribution >= 4 is 29.1 Å². The molecule has 4 rings (SSSR count). The van der Waals surface area contributed by atoms with Gasteiger partial charge in [-0.2, -0.15) is 0 Å². The summed E-state index contributed by atoms with van der Waals surface area (Å²) in [6, 6.07) is 35.9. The van der Waals surface area contributed by atoms with Gasteiger partial charge in [0.05, 0.1) is 0 Å². The van der Waals surface area contributed by atoms with E-state index in [0.717, 1.165) is 32.6 Å². The normalized spacial score (nSPS) is 11.1. The van der Waals surface area contributed by atoms with Crippen LogP contribution in [0.1, 0.15) is 5.56 Å². The van der Waals surface area contributed by atoms with Crippen LogP contribution >= 0.6 is 7.14 Å². The summed E-state index contributed by atoms with van der Waals surface area (Å²) in [6.07, 6.45) is 1.84. The first kappa shape index (κ1) is 18.2. The zero-order valence-electron chi connectivity index (χ0n) is 15.5. The van der Waals surface area contributed by atoms with E-state index in [2.05, 4.69) is 43.0 Å². The topological polar surface area (TPSA) is 17.1 Å². The van der Waals surface area contributed by atoms with Gasteiger partial charge in [-0.05, 0) is 16.7 Å². The lowest BCUT2D eigenvalue weighted by atomic mass is 10.0. The molecule has 0 spiro atoms. The fourth-order valence-corrected chi connectivity index (χ4v) is 6.05. The van der Waals surface area contributed by atoms with Crippen LogP contribution in [0.4, 0.5) is 0 Å². The fourth-order valence-electron chi connectivity index (χ4n) is 3.40. The summed E-state index contributed by atoms with van der Waals surface area (Å²) < 4.78 is 14.3. The summed E-state index contributed by atoms with van der Waals surface area (Å²) in [5.74, 6) is 0. The molecule has 0 aliphatic carbocycles. The molecule has 0 amide bonds. The number of hydrogen-bond acceptors (Lipinski definition) is 1. The third kappa shape index (κ3) is 3.38. The second-order valence-corrected chi connectivity index (χ2v) is 9.42. The van der Waals surface area contributed by atoms with Crippen molar-refractivity contribution in [3.63, 3.8) is 0 Å². The molecule has 136 valence electrons. The van der Waals surface area contributed by atoms with E-state index < -0.39 is 7.14 Å². The molecule has 0 aromatic heterocycles. The van der Waals surface area contributed by atoms with Gasteiger partial charge in [0.15, 0.2) is 7.14 Å². The summed E-state index contributed by atoms with van der Waals surface area (Å²) in [6.45, 7) is 3.80. The Bertz CT molecular complexity index is 1070. The van der Waals surface area contributed by atoms with Crippen LogP contribution in [0, 0.1) is 0 Å². The summed E-state index contributed by atoms with van der Waals surface area (Å²) in [5, 5.41) is 2.55. The van der Waals surface area contributed by atoms with Crippen LogP contribution in [0.5, 0.6) is 0 Å². The Hall–Kier alpha value is -3.15. The van der Waals surface area contributed by atoms with Gasteiger partial charge >= 0.3 is 0 Å². The first-order valence-corrected chi connectivity index (χ1v) is 11.0. The zero-order chi connectivity index (χ0) is 19.4. The number of hydrogen-bond donors (Lipinski definition) is 0. The number of rotatable bonds is 5. The molecule has 0 bridgehead atoms. The van der Waals surface area contributed by atoms with Crippen molar-refractivity contribution in [3.05, 3.63) is 121 Å². The molecule has 0 N–H and O–H groups in total. The minimum absolute atomic E-state index is 0.844. The Labute approximate surface area is 166 Å². The first-order valence-electron chi connectivity index (χ1n) is 9.26. The molecule has 0 saturated heterocycles. The van der Waals surface area contributed by atoms with E-state index in [0.29, 0.717) is 0 Å². The van der Waals surface area contributed by atoms with E-state index in [1.165, 1.54) is 0 Å². The molecule has 0 radical (unpaired) electrons. The molecule has 1 nitrogen and oxygen atoms in total. The van der Waals surface area contributed by atoms with Gasteiger partial charge in [0, 0.05) is 15.9 Å². The maximum absolute atomic E-state index is 14.3. The summed E-state index contributed by atoms with van der Waals surface area (Å²) in [4.78, 5) is 0. The highest BCUT2D eigenvalue weighted by Gasteiger charge is 2.29. The van der Waals surface area contributed by atoms with Gasteiger partial charge in [0.1, 0.15) is 0 Å². The summed E-state index contributed by atoms with van der Waals surface area (Å²) in [7, 11) is -2.91. The molecule has 4 aromatic rings. The average Bonchev–Trinajstić information content (AvgIpc) is 2.80. The van der Waals surface area contributed by atoms with Crippen molar-refractivity contribution in [2.45, 2.75) is 0 Å². The Kier molecular flexibility index (Phi) is 5.10. The molecule has 0 atom stereocenters. The van der Waals surface area contributed by atoms with Gasteiger partial charge in [-0.25, -0.2) is 0 Å². The van der Waals surface area contributed by atoms with Gasteiger partial charge in [-0.15, -0.1) is 0 Å². The maximum atomic E-state index is 14.3. The van der Waals surface area contributed by atoms with Crippen LogP contribution in [0.15, 0.2) is 116 Å². The molecule has 0 aliphatic rings. The van der Waals surface area contributed by atoms with Crippen LogP contribution < -0.4 is 15.9 Å². The van der Waals surface area contributed by atoms with Crippen molar-refractivity contribution in [1.82, 2.24) is 0 Å².